The third kappa shape index (κ3) is 9.85. The average Bonchev–Trinajstić information content (AvgIpc) is 2.95. The molecule has 184 valence electrons. The highest BCUT2D eigenvalue weighted by atomic mass is 16.6. The van der Waals surface area contributed by atoms with Crippen LogP contribution in [-0.4, -0.2) is 31.8 Å². The van der Waals surface area contributed by atoms with E-state index in [-0.39, 0.29) is 18.5 Å². The standard InChI is InChI=1S/C16H16O2.C15H14O3/c17-16(15-11-5-2-6-12-15)18-13-7-10-14-8-3-1-4-9-14;16-15(13-7-3-1-4-8-13)18-12-11-17-14-9-5-2-6-10-14/h1-6,8-9,11-12H,7,10,13H2;1-10H,11-12H2. The van der Waals surface area contributed by atoms with E-state index in [1.54, 1.807) is 36.4 Å². The van der Waals surface area contributed by atoms with Crippen molar-refractivity contribution in [1.82, 2.24) is 0 Å². The van der Waals surface area contributed by atoms with Crippen LogP contribution in [-0.2, 0) is 15.9 Å². The third-order valence-corrected chi connectivity index (χ3v) is 5.03. The Bertz CT molecular complexity index is 1050. The Hall–Kier alpha value is -4.38. The number of ether oxygens (including phenoxy) is 3. The summed E-state index contributed by atoms with van der Waals surface area (Å²) in [5.74, 6) is 0.198. The number of aryl methyl sites for hydroxylation is 1. The topological polar surface area (TPSA) is 61.8 Å². The lowest BCUT2D eigenvalue weighted by molar-refractivity contribution is 0.0449. The Balaban J connectivity index is 0.000000201. The maximum Gasteiger partial charge on any atom is 0.338 e. The van der Waals surface area contributed by atoms with E-state index >= 15 is 0 Å². The third-order valence-electron chi connectivity index (χ3n) is 5.03. The van der Waals surface area contributed by atoms with Gasteiger partial charge < -0.3 is 14.2 Å². The second-order valence-electron chi connectivity index (χ2n) is 7.75. The van der Waals surface area contributed by atoms with Gasteiger partial charge in [0, 0.05) is 0 Å². The minimum absolute atomic E-state index is 0.239. The average molecular weight is 483 g/mol. The van der Waals surface area contributed by atoms with Gasteiger partial charge in [0.1, 0.15) is 19.0 Å². The molecular formula is C31H30O5. The summed E-state index contributed by atoms with van der Waals surface area (Å²) in [6.07, 6.45) is 1.78. The van der Waals surface area contributed by atoms with Crippen molar-refractivity contribution in [2.24, 2.45) is 0 Å². The monoisotopic (exact) mass is 482 g/mol. The van der Waals surface area contributed by atoms with Crippen LogP contribution in [0.25, 0.3) is 0 Å². The zero-order chi connectivity index (χ0) is 25.3. The highest BCUT2D eigenvalue weighted by Gasteiger charge is 2.06. The number of esters is 2. The first-order valence-corrected chi connectivity index (χ1v) is 11.9. The lowest BCUT2D eigenvalue weighted by Gasteiger charge is -2.07. The fraction of sp³-hybridized carbons (Fsp3) is 0.161. The maximum atomic E-state index is 11.6. The van der Waals surface area contributed by atoms with E-state index in [0.29, 0.717) is 24.3 Å². The van der Waals surface area contributed by atoms with E-state index in [4.69, 9.17) is 14.2 Å². The molecule has 4 aromatic carbocycles. The summed E-state index contributed by atoms with van der Waals surface area (Å²) in [6, 6.07) is 37.6. The van der Waals surface area contributed by atoms with Crippen LogP contribution < -0.4 is 4.74 Å². The second kappa shape index (κ2) is 15.5. The molecule has 0 saturated carbocycles. The summed E-state index contributed by atoms with van der Waals surface area (Å²) >= 11 is 0. The van der Waals surface area contributed by atoms with Gasteiger partial charge >= 0.3 is 11.9 Å². The van der Waals surface area contributed by atoms with Crippen LogP contribution in [0.1, 0.15) is 32.7 Å². The molecule has 0 unspecified atom stereocenters. The summed E-state index contributed by atoms with van der Waals surface area (Å²) in [4.78, 5) is 23.2. The molecular weight excluding hydrogens is 452 g/mol. The van der Waals surface area contributed by atoms with Crippen molar-refractivity contribution in [3.05, 3.63) is 138 Å². The van der Waals surface area contributed by atoms with Crippen LogP contribution in [0, 0.1) is 0 Å². The van der Waals surface area contributed by atoms with Crippen molar-refractivity contribution >= 4 is 11.9 Å². The smallest absolute Gasteiger partial charge is 0.338 e. The summed E-state index contributed by atoms with van der Waals surface area (Å²) in [5.41, 5.74) is 2.43. The van der Waals surface area contributed by atoms with Gasteiger partial charge in [-0.05, 0) is 54.8 Å². The van der Waals surface area contributed by atoms with Gasteiger partial charge in [-0.3, -0.25) is 0 Å². The lowest BCUT2D eigenvalue weighted by Crippen LogP contribution is -2.12. The van der Waals surface area contributed by atoms with Crippen molar-refractivity contribution in [3.63, 3.8) is 0 Å². The molecule has 4 aromatic rings. The zero-order valence-corrected chi connectivity index (χ0v) is 20.1. The van der Waals surface area contributed by atoms with Gasteiger partial charge in [0.15, 0.2) is 0 Å². The highest BCUT2D eigenvalue weighted by Crippen LogP contribution is 2.08. The van der Waals surface area contributed by atoms with Crippen molar-refractivity contribution < 1.29 is 23.8 Å². The van der Waals surface area contributed by atoms with E-state index in [1.165, 1.54) is 5.56 Å². The van der Waals surface area contributed by atoms with E-state index in [2.05, 4.69) is 12.1 Å². The van der Waals surface area contributed by atoms with Crippen LogP contribution in [0.4, 0.5) is 0 Å². The van der Waals surface area contributed by atoms with Crippen LogP contribution >= 0.6 is 0 Å². The summed E-state index contributed by atoms with van der Waals surface area (Å²) in [5, 5.41) is 0. The lowest BCUT2D eigenvalue weighted by atomic mass is 10.1. The number of hydrogen-bond acceptors (Lipinski definition) is 5. The Morgan fingerprint density at radius 1 is 0.500 bits per heavy atom. The molecule has 5 heteroatoms. The largest absolute Gasteiger partial charge is 0.490 e. The van der Waals surface area contributed by atoms with Crippen LogP contribution in [0.5, 0.6) is 5.75 Å². The molecule has 0 bridgehead atoms. The zero-order valence-electron chi connectivity index (χ0n) is 20.1. The Morgan fingerprint density at radius 2 is 0.944 bits per heavy atom. The van der Waals surface area contributed by atoms with Gasteiger partial charge in [-0.2, -0.15) is 0 Å². The van der Waals surface area contributed by atoms with Gasteiger partial charge in [0.2, 0.25) is 0 Å². The predicted molar refractivity (Wildman–Crippen MR) is 140 cm³/mol. The van der Waals surface area contributed by atoms with E-state index < -0.39 is 0 Å². The van der Waals surface area contributed by atoms with E-state index in [0.717, 1.165) is 18.6 Å². The Kier molecular flexibility index (Phi) is 11.3. The first-order chi connectivity index (χ1) is 17.7. The molecule has 36 heavy (non-hydrogen) atoms. The van der Waals surface area contributed by atoms with Gasteiger partial charge in [0.25, 0.3) is 0 Å². The second-order valence-corrected chi connectivity index (χ2v) is 7.75. The molecule has 0 heterocycles. The number of carbonyl (C=O) groups excluding carboxylic acids is 2. The molecule has 0 saturated heterocycles. The molecule has 0 amide bonds. The number of para-hydroxylation sites is 1. The van der Waals surface area contributed by atoms with Crippen molar-refractivity contribution in [1.29, 1.82) is 0 Å². The first-order valence-electron chi connectivity index (χ1n) is 11.9. The van der Waals surface area contributed by atoms with Crippen LogP contribution in [0.15, 0.2) is 121 Å². The molecule has 0 fully saturated rings. The van der Waals surface area contributed by atoms with Crippen LogP contribution in [0.2, 0.25) is 0 Å². The number of hydrogen-bond donors (Lipinski definition) is 0. The number of carbonyl (C=O) groups is 2. The molecule has 0 radical (unpaired) electrons. The number of rotatable bonds is 10. The van der Waals surface area contributed by atoms with E-state index in [9.17, 15) is 9.59 Å². The minimum atomic E-state index is -0.327. The minimum Gasteiger partial charge on any atom is -0.490 e. The summed E-state index contributed by atoms with van der Waals surface area (Å²) < 4.78 is 15.7. The fourth-order valence-corrected chi connectivity index (χ4v) is 3.21. The Labute approximate surface area is 212 Å². The van der Waals surface area contributed by atoms with Crippen molar-refractivity contribution in [2.75, 3.05) is 19.8 Å². The van der Waals surface area contributed by atoms with Gasteiger partial charge in [0.05, 0.1) is 17.7 Å². The molecule has 0 aliphatic heterocycles. The molecule has 0 N–H and O–H groups in total. The molecule has 5 nitrogen and oxygen atoms in total. The van der Waals surface area contributed by atoms with Gasteiger partial charge in [-0.25, -0.2) is 9.59 Å². The molecule has 4 rings (SSSR count). The van der Waals surface area contributed by atoms with Crippen molar-refractivity contribution in [2.45, 2.75) is 12.8 Å². The summed E-state index contributed by atoms with van der Waals surface area (Å²) in [6.45, 7) is 1.05. The van der Waals surface area contributed by atoms with E-state index in [1.807, 2.05) is 72.8 Å². The fourth-order valence-electron chi connectivity index (χ4n) is 3.21. The Morgan fingerprint density at radius 3 is 1.47 bits per heavy atom. The molecule has 0 aromatic heterocycles. The molecule has 0 aliphatic rings. The van der Waals surface area contributed by atoms with Gasteiger partial charge in [-0.1, -0.05) is 84.9 Å². The first kappa shape index (κ1) is 26.2. The van der Waals surface area contributed by atoms with Gasteiger partial charge in [-0.15, -0.1) is 0 Å². The van der Waals surface area contributed by atoms with Crippen molar-refractivity contribution in [3.8, 4) is 5.75 Å². The van der Waals surface area contributed by atoms with Crippen LogP contribution in [0.3, 0.4) is 0 Å². The summed E-state index contributed by atoms with van der Waals surface area (Å²) in [7, 11) is 0. The normalized spacial score (nSPS) is 9.89. The predicted octanol–water partition coefficient (Wildman–Crippen LogP) is 6.40. The highest BCUT2D eigenvalue weighted by molar-refractivity contribution is 5.89. The number of benzene rings is 4. The molecule has 0 aliphatic carbocycles. The molecule has 0 spiro atoms. The molecule has 0 atom stereocenters. The SMILES string of the molecule is O=C(OCCCc1ccccc1)c1ccccc1.O=C(OCCOc1ccccc1)c1ccccc1. The maximum absolute atomic E-state index is 11.6. The quantitative estimate of drug-likeness (QED) is 0.193.